The van der Waals surface area contributed by atoms with Crippen molar-refractivity contribution in [1.29, 1.82) is 0 Å². The molecule has 0 saturated carbocycles. The molecule has 0 unspecified atom stereocenters. The van der Waals surface area contributed by atoms with Gasteiger partial charge in [-0.25, -0.2) is 9.59 Å². The summed E-state index contributed by atoms with van der Waals surface area (Å²) in [5.41, 5.74) is 0.160. The molecule has 0 radical (unpaired) electrons. The number of nitro groups is 1. The molecule has 0 amide bonds. The zero-order chi connectivity index (χ0) is 17.1. The van der Waals surface area contributed by atoms with Crippen LogP contribution in [0, 0.1) is 10.1 Å². The van der Waals surface area contributed by atoms with Gasteiger partial charge in [0.1, 0.15) is 0 Å². The van der Waals surface area contributed by atoms with Gasteiger partial charge in [-0.3, -0.25) is 10.1 Å². The van der Waals surface area contributed by atoms with Crippen LogP contribution in [0.4, 0.5) is 5.69 Å². The Morgan fingerprint density at radius 3 is 2.43 bits per heavy atom. The predicted molar refractivity (Wildman–Crippen MR) is 81.8 cm³/mol. The Balaban J connectivity index is 2.64. The van der Waals surface area contributed by atoms with Crippen molar-refractivity contribution in [3.8, 4) is 11.1 Å². The van der Waals surface area contributed by atoms with E-state index in [-0.39, 0.29) is 27.4 Å². The summed E-state index contributed by atoms with van der Waals surface area (Å²) in [5.74, 6) is -1.96. The first-order valence-electron chi connectivity index (χ1n) is 6.24. The minimum atomic E-state index is -1.29. The van der Waals surface area contributed by atoms with Gasteiger partial charge in [-0.2, -0.15) is 0 Å². The van der Waals surface area contributed by atoms with Gasteiger partial charge in [0, 0.05) is 12.1 Å². The molecule has 7 nitrogen and oxygen atoms in total. The number of rotatable bonds is 4. The first-order chi connectivity index (χ1) is 10.8. The lowest BCUT2D eigenvalue weighted by Crippen LogP contribution is -2.03. The molecule has 118 valence electrons. The molecule has 0 bridgehead atoms. The van der Waals surface area contributed by atoms with Gasteiger partial charge in [-0.05, 0) is 29.3 Å². The fraction of sp³-hybridized carbons (Fsp3) is 0.0667. The molecule has 1 N–H and O–H groups in total. The van der Waals surface area contributed by atoms with Gasteiger partial charge in [0.25, 0.3) is 5.69 Å². The van der Waals surface area contributed by atoms with Crippen molar-refractivity contribution in [2.24, 2.45) is 0 Å². The SMILES string of the molecule is COC(=O)c1cc(-c2cc(C(=O)O)cc([N+](=O)[O-])c2)ccc1Cl. The smallest absolute Gasteiger partial charge is 0.339 e. The van der Waals surface area contributed by atoms with Crippen LogP contribution in [0.2, 0.25) is 5.02 Å². The standard InChI is InChI=1S/C15H10ClNO6/c1-23-15(20)12-7-8(2-3-13(12)16)9-4-10(14(18)19)6-11(5-9)17(21)22/h2-7H,1H3,(H,18,19). The number of esters is 1. The average molecular weight is 336 g/mol. The maximum atomic E-state index is 11.7. The molecule has 2 aromatic rings. The van der Waals surface area contributed by atoms with Crippen LogP contribution in [0.3, 0.4) is 0 Å². The number of carbonyl (C=O) groups is 2. The summed E-state index contributed by atoms with van der Waals surface area (Å²) < 4.78 is 4.61. The number of methoxy groups -OCH3 is 1. The van der Waals surface area contributed by atoms with E-state index in [4.69, 9.17) is 16.7 Å². The van der Waals surface area contributed by atoms with Crippen molar-refractivity contribution in [2.45, 2.75) is 0 Å². The summed E-state index contributed by atoms with van der Waals surface area (Å²) in [7, 11) is 1.20. The number of halogens is 1. The van der Waals surface area contributed by atoms with E-state index in [2.05, 4.69) is 4.74 Å². The maximum absolute atomic E-state index is 11.7. The first kappa shape index (κ1) is 16.4. The number of hydrogen-bond acceptors (Lipinski definition) is 5. The molecule has 0 spiro atoms. The van der Waals surface area contributed by atoms with Crippen molar-refractivity contribution in [2.75, 3.05) is 7.11 Å². The van der Waals surface area contributed by atoms with Crippen molar-refractivity contribution in [3.63, 3.8) is 0 Å². The van der Waals surface area contributed by atoms with Crippen molar-refractivity contribution in [3.05, 3.63) is 62.7 Å². The van der Waals surface area contributed by atoms with E-state index in [9.17, 15) is 19.7 Å². The van der Waals surface area contributed by atoms with Crippen LogP contribution in [0.5, 0.6) is 0 Å². The van der Waals surface area contributed by atoms with Gasteiger partial charge in [0.05, 0.1) is 28.2 Å². The summed E-state index contributed by atoms with van der Waals surface area (Å²) in [5, 5.41) is 20.2. The number of nitrogens with zero attached hydrogens (tertiary/aromatic N) is 1. The molecule has 2 rings (SSSR count). The lowest BCUT2D eigenvalue weighted by molar-refractivity contribution is -0.384. The molecule has 0 saturated heterocycles. The monoisotopic (exact) mass is 335 g/mol. The van der Waals surface area contributed by atoms with Gasteiger partial charge < -0.3 is 9.84 Å². The van der Waals surface area contributed by atoms with E-state index in [0.717, 1.165) is 6.07 Å². The van der Waals surface area contributed by atoms with Crippen LogP contribution in [0.1, 0.15) is 20.7 Å². The van der Waals surface area contributed by atoms with Gasteiger partial charge in [0.2, 0.25) is 0 Å². The van der Waals surface area contributed by atoms with Crippen LogP contribution < -0.4 is 0 Å². The number of carbonyl (C=O) groups excluding carboxylic acids is 1. The molecule has 0 aromatic heterocycles. The van der Waals surface area contributed by atoms with E-state index < -0.39 is 16.9 Å². The van der Waals surface area contributed by atoms with E-state index in [1.54, 1.807) is 0 Å². The van der Waals surface area contributed by atoms with Crippen LogP contribution in [-0.4, -0.2) is 29.1 Å². The van der Waals surface area contributed by atoms with E-state index in [0.29, 0.717) is 5.56 Å². The molecule has 0 fully saturated rings. The number of ether oxygens (including phenoxy) is 1. The van der Waals surface area contributed by atoms with Gasteiger partial charge in [0.15, 0.2) is 0 Å². The van der Waals surface area contributed by atoms with Crippen LogP contribution >= 0.6 is 11.6 Å². The van der Waals surface area contributed by atoms with Gasteiger partial charge >= 0.3 is 11.9 Å². The lowest BCUT2D eigenvalue weighted by atomic mass is 10.00. The number of carboxylic acids is 1. The Kier molecular flexibility index (Phi) is 4.61. The van der Waals surface area contributed by atoms with Gasteiger partial charge in [-0.1, -0.05) is 17.7 Å². The fourth-order valence-corrected chi connectivity index (χ4v) is 2.17. The highest BCUT2D eigenvalue weighted by Crippen LogP contribution is 2.29. The number of benzene rings is 2. The van der Waals surface area contributed by atoms with E-state index in [1.807, 2.05) is 0 Å². The molecule has 2 aromatic carbocycles. The number of carboxylic acid groups (broad SMARTS) is 1. The summed E-state index contributed by atoms with van der Waals surface area (Å²) in [6.07, 6.45) is 0. The molecular formula is C15H10ClNO6. The molecule has 0 aliphatic rings. The highest BCUT2D eigenvalue weighted by molar-refractivity contribution is 6.33. The summed E-state index contributed by atoms with van der Waals surface area (Å²) in [6.45, 7) is 0. The third-order valence-electron chi connectivity index (χ3n) is 3.08. The van der Waals surface area contributed by atoms with E-state index in [1.165, 1.54) is 37.4 Å². The predicted octanol–water partition coefficient (Wildman–Crippen LogP) is 3.40. The van der Waals surface area contributed by atoms with Crippen LogP contribution in [0.15, 0.2) is 36.4 Å². The first-order valence-corrected chi connectivity index (χ1v) is 6.62. The summed E-state index contributed by atoms with van der Waals surface area (Å²) in [6, 6.07) is 7.81. The molecule has 0 atom stereocenters. The topological polar surface area (TPSA) is 107 Å². The second-order valence-electron chi connectivity index (χ2n) is 4.52. The maximum Gasteiger partial charge on any atom is 0.339 e. The Morgan fingerprint density at radius 2 is 1.87 bits per heavy atom. The Bertz CT molecular complexity index is 785. The number of aromatic carboxylic acids is 1. The quantitative estimate of drug-likeness (QED) is 0.521. The molecule has 0 aliphatic heterocycles. The summed E-state index contributed by atoms with van der Waals surface area (Å²) >= 11 is 5.92. The number of non-ortho nitro benzene ring substituents is 1. The number of hydrogen-bond donors (Lipinski definition) is 1. The highest BCUT2D eigenvalue weighted by Gasteiger charge is 2.17. The zero-order valence-corrected chi connectivity index (χ0v) is 12.5. The minimum absolute atomic E-state index is 0.0787. The molecule has 0 heterocycles. The van der Waals surface area contributed by atoms with Crippen LogP contribution in [-0.2, 0) is 4.74 Å². The average Bonchev–Trinajstić information content (AvgIpc) is 2.54. The molecule has 8 heteroatoms. The summed E-state index contributed by atoms with van der Waals surface area (Å²) in [4.78, 5) is 33.0. The van der Waals surface area contributed by atoms with Crippen molar-refractivity contribution < 1.29 is 24.4 Å². The minimum Gasteiger partial charge on any atom is -0.478 e. The normalized spacial score (nSPS) is 10.2. The van der Waals surface area contributed by atoms with E-state index >= 15 is 0 Å². The second-order valence-corrected chi connectivity index (χ2v) is 4.92. The lowest BCUT2D eigenvalue weighted by Gasteiger charge is -2.07. The second kappa shape index (κ2) is 6.45. The highest BCUT2D eigenvalue weighted by atomic mass is 35.5. The third-order valence-corrected chi connectivity index (χ3v) is 3.41. The number of nitro benzene ring substituents is 1. The molecular weight excluding hydrogens is 326 g/mol. The zero-order valence-electron chi connectivity index (χ0n) is 11.8. The van der Waals surface area contributed by atoms with Crippen molar-refractivity contribution >= 4 is 29.2 Å². The Labute approximate surface area is 135 Å². The Hall–Kier alpha value is -2.93. The third kappa shape index (κ3) is 3.46. The molecule has 23 heavy (non-hydrogen) atoms. The van der Waals surface area contributed by atoms with Gasteiger partial charge in [-0.15, -0.1) is 0 Å². The largest absolute Gasteiger partial charge is 0.478 e. The van der Waals surface area contributed by atoms with Crippen LogP contribution in [0.25, 0.3) is 11.1 Å². The molecule has 0 aliphatic carbocycles. The van der Waals surface area contributed by atoms with Crippen molar-refractivity contribution in [1.82, 2.24) is 0 Å². The Morgan fingerprint density at radius 1 is 1.17 bits per heavy atom. The fourth-order valence-electron chi connectivity index (χ4n) is 1.98.